The summed E-state index contributed by atoms with van der Waals surface area (Å²) in [5, 5.41) is 0. The maximum absolute atomic E-state index is 12.2. The maximum atomic E-state index is 12.2. The first-order valence-electron chi connectivity index (χ1n) is 6.24. The summed E-state index contributed by atoms with van der Waals surface area (Å²) < 4.78 is 10.3. The van der Waals surface area contributed by atoms with E-state index >= 15 is 0 Å². The molecule has 0 aliphatic carbocycles. The minimum Gasteiger partial charge on any atom is -0.464 e. The van der Waals surface area contributed by atoms with E-state index in [0.717, 1.165) is 4.90 Å². The van der Waals surface area contributed by atoms with Crippen molar-refractivity contribution < 1.29 is 23.9 Å². The Labute approximate surface area is 111 Å². The number of ether oxygens (including phenoxy) is 2. The zero-order valence-electron chi connectivity index (χ0n) is 11.0. The average Bonchev–Trinajstić information content (AvgIpc) is 2.80. The van der Waals surface area contributed by atoms with Crippen LogP contribution in [0.5, 0.6) is 0 Å². The number of carbonyl (C=O) groups is 3. The van der Waals surface area contributed by atoms with E-state index in [0.29, 0.717) is 0 Å². The van der Waals surface area contributed by atoms with Gasteiger partial charge in [0.05, 0.1) is 30.6 Å². The number of fused-ring (bicyclic) bond motifs is 1. The number of rotatable bonds is 4. The second-order valence-electron chi connectivity index (χ2n) is 4.76. The highest BCUT2D eigenvalue weighted by molar-refractivity contribution is 6.06. The van der Waals surface area contributed by atoms with Crippen molar-refractivity contribution >= 4 is 17.8 Å². The Kier molecular flexibility index (Phi) is 3.71. The quantitative estimate of drug-likeness (QED) is 0.411. The summed E-state index contributed by atoms with van der Waals surface area (Å²) in [4.78, 5) is 36.3. The van der Waals surface area contributed by atoms with Gasteiger partial charge in [-0.15, -0.1) is 6.58 Å². The van der Waals surface area contributed by atoms with Crippen molar-refractivity contribution in [1.29, 1.82) is 0 Å². The number of likely N-dealkylation sites (tertiary alicyclic amines) is 1. The molecule has 0 aromatic rings. The highest BCUT2D eigenvalue weighted by atomic mass is 16.5. The number of nitrogens with zero attached hydrogens (tertiary/aromatic N) is 1. The van der Waals surface area contributed by atoms with Gasteiger partial charge in [-0.3, -0.25) is 19.3 Å². The Bertz CT molecular complexity index is 433. The van der Waals surface area contributed by atoms with Crippen LogP contribution in [0.4, 0.5) is 0 Å². The molecule has 4 atom stereocenters. The van der Waals surface area contributed by atoms with Gasteiger partial charge >= 0.3 is 5.97 Å². The van der Waals surface area contributed by atoms with E-state index < -0.39 is 23.9 Å². The van der Waals surface area contributed by atoms with Crippen molar-refractivity contribution in [2.75, 3.05) is 13.2 Å². The third-order valence-corrected chi connectivity index (χ3v) is 3.57. The van der Waals surface area contributed by atoms with Crippen molar-refractivity contribution in [1.82, 2.24) is 4.90 Å². The molecule has 0 aromatic carbocycles. The fraction of sp³-hybridized carbons (Fsp3) is 0.615. The van der Waals surface area contributed by atoms with Gasteiger partial charge in [-0.05, 0) is 6.92 Å². The molecule has 2 fully saturated rings. The van der Waals surface area contributed by atoms with E-state index in [4.69, 9.17) is 9.47 Å². The Balaban J connectivity index is 2.08. The van der Waals surface area contributed by atoms with E-state index in [1.165, 1.54) is 6.92 Å². The number of amides is 2. The molecule has 0 spiro atoms. The van der Waals surface area contributed by atoms with E-state index in [1.807, 2.05) is 0 Å². The van der Waals surface area contributed by atoms with Gasteiger partial charge in [0.2, 0.25) is 11.8 Å². The average molecular weight is 267 g/mol. The molecule has 2 heterocycles. The predicted octanol–water partition coefficient (Wildman–Crippen LogP) is 0.124. The molecule has 0 radical (unpaired) electrons. The Hall–Kier alpha value is -1.69. The van der Waals surface area contributed by atoms with E-state index in [1.54, 1.807) is 13.0 Å². The molecule has 2 aliphatic rings. The minimum atomic E-state index is -0.489. The van der Waals surface area contributed by atoms with Gasteiger partial charge < -0.3 is 9.47 Å². The van der Waals surface area contributed by atoms with Crippen molar-refractivity contribution in [3.63, 3.8) is 0 Å². The first-order valence-corrected chi connectivity index (χ1v) is 6.24. The molecule has 2 amide bonds. The van der Waals surface area contributed by atoms with Crippen molar-refractivity contribution in [2.45, 2.75) is 26.1 Å². The van der Waals surface area contributed by atoms with Crippen LogP contribution in [0, 0.1) is 11.8 Å². The highest BCUT2D eigenvalue weighted by Crippen LogP contribution is 2.40. The molecule has 0 aromatic heterocycles. The molecular formula is C13H17NO5. The number of hydrogen-bond acceptors (Lipinski definition) is 5. The normalized spacial score (nSPS) is 33.5. The Morgan fingerprint density at radius 2 is 2.05 bits per heavy atom. The van der Waals surface area contributed by atoms with Crippen molar-refractivity contribution in [2.24, 2.45) is 11.8 Å². The van der Waals surface area contributed by atoms with Gasteiger partial charge in [0.15, 0.2) is 0 Å². The maximum Gasteiger partial charge on any atom is 0.302 e. The molecule has 19 heavy (non-hydrogen) atoms. The zero-order chi connectivity index (χ0) is 14.2. The van der Waals surface area contributed by atoms with Crippen molar-refractivity contribution in [3.8, 4) is 0 Å². The topological polar surface area (TPSA) is 72.9 Å². The minimum absolute atomic E-state index is 0.0280. The van der Waals surface area contributed by atoms with Gasteiger partial charge in [0.1, 0.15) is 6.61 Å². The van der Waals surface area contributed by atoms with E-state index in [-0.39, 0.29) is 31.1 Å². The number of hydrogen-bond donors (Lipinski definition) is 0. The fourth-order valence-corrected chi connectivity index (χ4v) is 2.73. The lowest BCUT2D eigenvalue weighted by molar-refractivity contribution is -0.148. The lowest BCUT2D eigenvalue weighted by Gasteiger charge is -2.18. The third-order valence-electron chi connectivity index (χ3n) is 3.57. The zero-order valence-corrected chi connectivity index (χ0v) is 11.0. The Morgan fingerprint density at radius 3 is 2.63 bits per heavy atom. The van der Waals surface area contributed by atoms with Crippen molar-refractivity contribution in [3.05, 3.63) is 12.7 Å². The molecule has 104 valence electrons. The molecule has 2 saturated heterocycles. The number of esters is 1. The standard InChI is InChI=1S/C13H17NO5/c1-4-9-11-10(7(2)19-9)12(16)14(13(11)17)5-6-18-8(3)15/h4,7,9-11H,1,5-6H2,2-3H3/t7?,9?,10-,11+/m0/s1. The summed E-state index contributed by atoms with van der Waals surface area (Å²) in [7, 11) is 0. The summed E-state index contributed by atoms with van der Waals surface area (Å²) in [6.07, 6.45) is 0.834. The second kappa shape index (κ2) is 5.13. The van der Waals surface area contributed by atoms with E-state index in [2.05, 4.69) is 6.58 Å². The molecule has 6 nitrogen and oxygen atoms in total. The van der Waals surface area contributed by atoms with Crippen LogP contribution in [0.2, 0.25) is 0 Å². The van der Waals surface area contributed by atoms with Crippen LogP contribution in [0.1, 0.15) is 13.8 Å². The first kappa shape index (κ1) is 13.7. The Morgan fingerprint density at radius 1 is 1.42 bits per heavy atom. The predicted molar refractivity (Wildman–Crippen MR) is 64.9 cm³/mol. The lowest BCUT2D eigenvalue weighted by Crippen LogP contribution is -2.37. The van der Waals surface area contributed by atoms with Crippen LogP contribution in [0.3, 0.4) is 0 Å². The van der Waals surface area contributed by atoms with Crippen LogP contribution < -0.4 is 0 Å². The largest absolute Gasteiger partial charge is 0.464 e. The van der Waals surface area contributed by atoms with Gasteiger partial charge in [-0.2, -0.15) is 0 Å². The second-order valence-corrected chi connectivity index (χ2v) is 4.76. The summed E-state index contributed by atoms with van der Waals surface area (Å²) in [6.45, 7) is 6.82. The summed E-state index contributed by atoms with van der Waals surface area (Å²) in [5.41, 5.74) is 0. The fourth-order valence-electron chi connectivity index (χ4n) is 2.73. The van der Waals surface area contributed by atoms with Crippen LogP contribution >= 0.6 is 0 Å². The summed E-state index contributed by atoms with van der Waals surface area (Å²) >= 11 is 0. The van der Waals surface area contributed by atoms with Gasteiger partial charge in [0.25, 0.3) is 0 Å². The van der Waals surface area contributed by atoms with Gasteiger partial charge in [-0.1, -0.05) is 6.08 Å². The smallest absolute Gasteiger partial charge is 0.302 e. The van der Waals surface area contributed by atoms with Crippen LogP contribution in [0.25, 0.3) is 0 Å². The van der Waals surface area contributed by atoms with Crippen LogP contribution in [-0.4, -0.2) is 48.0 Å². The molecule has 0 N–H and O–H groups in total. The lowest BCUT2D eigenvalue weighted by atomic mass is 9.90. The van der Waals surface area contributed by atoms with E-state index in [9.17, 15) is 14.4 Å². The highest BCUT2D eigenvalue weighted by Gasteiger charge is 2.57. The number of carbonyl (C=O) groups excluding carboxylic acids is 3. The first-order chi connectivity index (χ1) is 8.97. The molecule has 2 rings (SSSR count). The molecular weight excluding hydrogens is 250 g/mol. The van der Waals surface area contributed by atoms with Crippen LogP contribution in [-0.2, 0) is 23.9 Å². The third kappa shape index (κ3) is 2.28. The molecule has 2 aliphatic heterocycles. The van der Waals surface area contributed by atoms with Crippen LogP contribution in [0.15, 0.2) is 12.7 Å². The molecule has 0 saturated carbocycles. The monoisotopic (exact) mass is 267 g/mol. The molecule has 6 heteroatoms. The van der Waals surface area contributed by atoms with Gasteiger partial charge in [-0.25, -0.2) is 0 Å². The molecule has 0 bridgehead atoms. The van der Waals surface area contributed by atoms with Gasteiger partial charge in [0, 0.05) is 6.92 Å². The summed E-state index contributed by atoms with van der Waals surface area (Å²) in [6, 6.07) is 0. The SMILES string of the molecule is C=CC1OC(C)[C@@H]2C(=O)N(CCOC(C)=O)C(=O)[C@H]12. The summed E-state index contributed by atoms with van der Waals surface area (Å²) in [5.74, 6) is -1.89. The molecule has 2 unspecified atom stereocenters. The number of imide groups is 1.